The zero-order chi connectivity index (χ0) is 18.5. The molecule has 0 bridgehead atoms. The SMILES string of the molecule is Cn1c(SCC(=O)c2ccc(OC(F)F)cc2)nnc1-c1ccncc1. The molecule has 0 aliphatic heterocycles. The van der Waals surface area contributed by atoms with Crippen LogP contribution in [0.3, 0.4) is 0 Å². The van der Waals surface area contributed by atoms with Gasteiger partial charge in [-0.15, -0.1) is 10.2 Å². The van der Waals surface area contributed by atoms with Gasteiger partial charge < -0.3 is 9.30 Å². The lowest BCUT2D eigenvalue weighted by atomic mass is 10.1. The van der Waals surface area contributed by atoms with Crippen LogP contribution >= 0.6 is 11.8 Å². The van der Waals surface area contributed by atoms with Crippen LogP contribution in [0.5, 0.6) is 5.75 Å². The highest BCUT2D eigenvalue weighted by atomic mass is 32.2. The summed E-state index contributed by atoms with van der Waals surface area (Å²) in [6, 6.07) is 9.25. The summed E-state index contributed by atoms with van der Waals surface area (Å²) in [5, 5.41) is 8.85. The predicted molar refractivity (Wildman–Crippen MR) is 92.4 cm³/mol. The molecule has 0 aliphatic carbocycles. The molecular weight excluding hydrogens is 362 g/mol. The summed E-state index contributed by atoms with van der Waals surface area (Å²) < 4.78 is 30.3. The van der Waals surface area contributed by atoms with Crippen LogP contribution in [0.25, 0.3) is 11.4 Å². The third kappa shape index (κ3) is 4.23. The fourth-order valence-corrected chi connectivity index (χ4v) is 3.03. The van der Waals surface area contributed by atoms with Crippen molar-refractivity contribution in [1.29, 1.82) is 0 Å². The Kier molecular flexibility index (Phi) is 5.57. The number of pyridine rings is 1. The summed E-state index contributed by atoms with van der Waals surface area (Å²) in [4.78, 5) is 16.2. The smallest absolute Gasteiger partial charge is 0.387 e. The third-order valence-corrected chi connectivity index (χ3v) is 4.53. The first kappa shape index (κ1) is 18.0. The number of nitrogens with zero attached hydrogens (tertiary/aromatic N) is 4. The molecule has 0 unspecified atom stereocenters. The van der Waals surface area contributed by atoms with E-state index in [0.29, 0.717) is 16.5 Å². The Balaban J connectivity index is 1.64. The molecule has 6 nitrogen and oxygen atoms in total. The monoisotopic (exact) mass is 376 g/mol. The van der Waals surface area contributed by atoms with Crippen molar-refractivity contribution in [3.05, 3.63) is 54.4 Å². The van der Waals surface area contributed by atoms with Crippen LogP contribution in [-0.4, -0.2) is 37.9 Å². The summed E-state index contributed by atoms with van der Waals surface area (Å²) in [5.74, 6) is 0.694. The van der Waals surface area contributed by atoms with Crippen LogP contribution in [0.1, 0.15) is 10.4 Å². The van der Waals surface area contributed by atoms with Crippen molar-refractivity contribution < 1.29 is 18.3 Å². The predicted octanol–water partition coefficient (Wildman–Crippen LogP) is 3.45. The minimum Gasteiger partial charge on any atom is -0.435 e. The van der Waals surface area contributed by atoms with E-state index in [1.165, 1.54) is 36.0 Å². The van der Waals surface area contributed by atoms with Gasteiger partial charge in [0.05, 0.1) is 5.75 Å². The number of alkyl halides is 2. The van der Waals surface area contributed by atoms with Crippen LogP contribution in [-0.2, 0) is 7.05 Å². The average Bonchev–Trinajstić information content (AvgIpc) is 3.01. The summed E-state index contributed by atoms with van der Waals surface area (Å²) in [6.07, 6.45) is 3.34. The van der Waals surface area contributed by atoms with E-state index >= 15 is 0 Å². The van der Waals surface area contributed by atoms with E-state index in [1.807, 2.05) is 19.2 Å². The maximum Gasteiger partial charge on any atom is 0.387 e. The minimum absolute atomic E-state index is 0.0134. The number of ether oxygens (including phenoxy) is 1. The molecule has 2 aromatic heterocycles. The van der Waals surface area contributed by atoms with Crippen molar-refractivity contribution in [3.63, 3.8) is 0 Å². The second-order valence-electron chi connectivity index (χ2n) is 5.22. The molecule has 0 atom stereocenters. The van der Waals surface area contributed by atoms with E-state index in [1.54, 1.807) is 17.0 Å². The van der Waals surface area contributed by atoms with E-state index in [9.17, 15) is 13.6 Å². The van der Waals surface area contributed by atoms with E-state index in [0.717, 1.165) is 5.56 Å². The van der Waals surface area contributed by atoms with Gasteiger partial charge in [-0.2, -0.15) is 8.78 Å². The zero-order valence-electron chi connectivity index (χ0n) is 13.7. The molecule has 0 saturated carbocycles. The van der Waals surface area contributed by atoms with Crippen LogP contribution in [0.2, 0.25) is 0 Å². The number of Topliss-reactive ketones (excluding diaryl/α,β-unsaturated/α-hetero) is 1. The normalized spacial score (nSPS) is 10.9. The van der Waals surface area contributed by atoms with Crippen LogP contribution in [0.15, 0.2) is 53.9 Å². The number of halogens is 2. The maximum atomic E-state index is 12.3. The Labute approximate surface area is 152 Å². The first-order valence-electron chi connectivity index (χ1n) is 7.55. The van der Waals surface area contributed by atoms with Crippen molar-refractivity contribution in [2.45, 2.75) is 11.8 Å². The molecule has 26 heavy (non-hydrogen) atoms. The number of aromatic nitrogens is 4. The number of hydrogen-bond acceptors (Lipinski definition) is 6. The van der Waals surface area contributed by atoms with Gasteiger partial charge in [0, 0.05) is 30.6 Å². The van der Waals surface area contributed by atoms with E-state index in [2.05, 4.69) is 19.9 Å². The molecule has 1 aromatic carbocycles. The van der Waals surface area contributed by atoms with E-state index in [4.69, 9.17) is 0 Å². The van der Waals surface area contributed by atoms with Crippen LogP contribution < -0.4 is 4.74 Å². The lowest BCUT2D eigenvalue weighted by Crippen LogP contribution is -2.05. The summed E-state index contributed by atoms with van der Waals surface area (Å²) in [5.41, 5.74) is 1.29. The molecule has 3 aromatic rings. The molecule has 0 amide bonds. The van der Waals surface area contributed by atoms with Gasteiger partial charge in [0.2, 0.25) is 0 Å². The number of carbonyl (C=O) groups excluding carboxylic acids is 1. The molecule has 0 aliphatic rings. The lowest BCUT2D eigenvalue weighted by molar-refractivity contribution is -0.0498. The maximum absolute atomic E-state index is 12.3. The van der Waals surface area contributed by atoms with Gasteiger partial charge in [-0.05, 0) is 36.4 Å². The van der Waals surface area contributed by atoms with Gasteiger partial charge in [-0.3, -0.25) is 9.78 Å². The standard InChI is InChI=1S/C17H14F2N4O2S/c1-23-15(12-6-8-20-9-7-12)21-22-17(23)26-10-14(24)11-2-4-13(5-3-11)25-16(18)19/h2-9,16H,10H2,1H3. The molecule has 9 heteroatoms. The molecule has 0 fully saturated rings. The highest BCUT2D eigenvalue weighted by molar-refractivity contribution is 7.99. The van der Waals surface area contributed by atoms with Crippen molar-refractivity contribution in [1.82, 2.24) is 19.7 Å². The van der Waals surface area contributed by atoms with Gasteiger partial charge in [0.15, 0.2) is 16.8 Å². The van der Waals surface area contributed by atoms with Gasteiger partial charge in [0.1, 0.15) is 5.75 Å². The molecule has 0 N–H and O–H groups in total. The van der Waals surface area contributed by atoms with Crippen LogP contribution in [0.4, 0.5) is 8.78 Å². The number of rotatable bonds is 7. The molecule has 3 rings (SSSR count). The molecular formula is C17H14F2N4O2S. The fourth-order valence-electron chi connectivity index (χ4n) is 2.23. The average molecular weight is 376 g/mol. The van der Waals surface area contributed by atoms with Gasteiger partial charge in [-0.1, -0.05) is 11.8 Å². The first-order chi connectivity index (χ1) is 12.5. The summed E-state index contributed by atoms with van der Waals surface area (Å²) in [7, 11) is 1.82. The van der Waals surface area contributed by atoms with E-state index in [-0.39, 0.29) is 17.3 Å². The molecule has 0 saturated heterocycles. The Morgan fingerprint density at radius 3 is 2.50 bits per heavy atom. The highest BCUT2D eigenvalue weighted by Crippen LogP contribution is 2.23. The zero-order valence-corrected chi connectivity index (χ0v) is 14.5. The fraction of sp³-hybridized carbons (Fsp3) is 0.176. The summed E-state index contributed by atoms with van der Waals surface area (Å²) >= 11 is 1.25. The molecule has 134 valence electrons. The first-order valence-corrected chi connectivity index (χ1v) is 8.54. The van der Waals surface area contributed by atoms with Gasteiger partial charge in [0.25, 0.3) is 0 Å². The molecule has 0 spiro atoms. The molecule has 0 radical (unpaired) electrons. The second kappa shape index (κ2) is 8.05. The topological polar surface area (TPSA) is 69.9 Å². The highest BCUT2D eigenvalue weighted by Gasteiger charge is 2.14. The third-order valence-electron chi connectivity index (χ3n) is 3.51. The Hall–Kier alpha value is -2.81. The number of ketones is 1. The Morgan fingerprint density at radius 2 is 1.85 bits per heavy atom. The number of thioether (sulfide) groups is 1. The largest absolute Gasteiger partial charge is 0.435 e. The van der Waals surface area contributed by atoms with E-state index < -0.39 is 6.61 Å². The van der Waals surface area contributed by atoms with Crippen LogP contribution in [0, 0.1) is 0 Å². The minimum atomic E-state index is -2.89. The molecule has 2 heterocycles. The van der Waals surface area contributed by atoms with Crippen molar-refractivity contribution in [2.24, 2.45) is 7.05 Å². The Morgan fingerprint density at radius 1 is 1.15 bits per heavy atom. The van der Waals surface area contributed by atoms with Crippen molar-refractivity contribution in [3.8, 4) is 17.1 Å². The second-order valence-corrected chi connectivity index (χ2v) is 6.16. The van der Waals surface area contributed by atoms with Crippen molar-refractivity contribution >= 4 is 17.5 Å². The number of carbonyl (C=O) groups is 1. The van der Waals surface area contributed by atoms with Crippen molar-refractivity contribution in [2.75, 3.05) is 5.75 Å². The number of hydrogen-bond donors (Lipinski definition) is 0. The van der Waals surface area contributed by atoms with Gasteiger partial charge in [-0.25, -0.2) is 0 Å². The quantitative estimate of drug-likeness (QED) is 0.465. The summed E-state index contributed by atoms with van der Waals surface area (Å²) in [6.45, 7) is -2.89. The van der Waals surface area contributed by atoms with Gasteiger partial charge >= 0.3 is 6.61 Å². The number of benzene rings is 1. The lowest BCUT2D eigenvalue weighted by Gasteiger charge is -2.06. The Bertz CT molecular complexity index is 886.